The molecule has 0 amide bonds. The van der Waals surface area contributed by atoms with Crippen LogP contribution in [0.3, 0.4) is 0 Å². The van der Waals surface area contributed by atoms with Gasteiger partial charge in [-0.3, -0.25) is 4.90 Å². The third-order valence-electron chi connectivity index (χ3n) is 3.90. The van der Waals surface area contributed by atoms with E-state index in [-0.39, 0.29) is 0 Å². The van der Waals surface area contributed by atoms with Crippen molar-refractivity contribution in [3.05, 3.63) is 11.6 Å². The molecule has 2 heterocycles. The Kier molecular flexibility index (Phi) is 3.84. The van der Waals surface area contributed by atoms with Gasteiger partial charge in [-0.05, 0) is 39.8 Å². The van der Waals surface area contributed by atoms with E-state index in [0.29, 0.717) is 12.1 Å². The van der Waals surface area contributed by atoms with Crippen LogP contribution < -0.4 is 0 Å². The van der Waals surface area contributed by atoms with Crippen LogP contribution >= 0.6 is 0 Å². The summed E-state index contributed by atoms with van der Waals surface area (Å²) >= 11 is 0. The molecule has 0 aromatic carbocycles. The van der Waals surface area contributed by atoms with Gasteiger partial charge < -0.3 is 10.0 Å². The highest BCUT2D eigenvalue weighted by Gasteiger charge is 2.38. The van der Waals surface area contributed by atoms with E-state index in [1.54, 1.807) is 0 Å². The van der Waals surface area contributed by atoms with Gasteiger partial charge in [0.1, 0.15) is 0 Å². The molecule has 0 aromatic rings. The fraction of sp³-hybridized carbons (Fsp3) is 0.769. The molecule has 2 bridgehead atoms. The van der Waals surface area contributed by atoms with E-state index in [0.717, 1.165) is 31.5 Å². The number of piperidine rings is 1. The van der Waals surface area contributed by atoms with Gasteiger partial charge in [0.05, 0.1) is 0 Å². The molecule has 2 atom stereocenters. The number of nitrogens with zero attached hydrogens (tertiary/aromatic N) is 2. The fourth-order valence-corrected chi connectivity index (χ4v) is 3.11. The van der Waals surface area contributed by atoms with Gasteiger partial charge in [0.25, 0.3) is 0 Å². The standard InChI is InChI=1S/C13H22N2O2/c1-14(2)5-6-15-11-3-4-12(15)8-10(7-11)9-13(16)17/h9,11-12H,3-8H2,1-2H3,(H,16,17). The molecule has 2 rings (SSSR count). The maximum absolute atomic E-state index is 10.7. The predicted molar refractivity (Wildman–Crippen MR) is 67.0 cm³/mol. The minimum absolute atomic E-state index is 0.583. The molecule has 0 saturated carbocycles. The van der Waals surface area contributed by atoms with E-state index < -0.39 is 5.97 Å². The normalized spacial score (nSPS) is 28.8. The summed E-state index contributed by atoms with van der Waals surface area (Å²) in [7, 11) is 4.20. The van der Waals surface area contributed by atoms with Crippen molar-refractivity contribution in [2.45, 2.75) is 37.8 Å². The van der Waals surface area contributed by atoms with Gasteiger partial charge >= 0.3 is 5.97 Å². The molecule has 4 nitrogen and oxygen atoms in total. The van der Waals surface area contributed by atoms with Crippen LogP contribution in [0.1, 0.15) is 25.7 Å². The summed E-state index contributed by atoms with van der Waals surface area (Å²) in [6, 6.07) is 1.17. The zero-order chi connectivity index (χ0) is 12.4. The first-order valence-electron chi connectivity index (χ1n) is 6.39. The quantitative estimate of drug-likeness (QED) is 0.747. The maximum Gasteiger partial charge on any atom is 0.328 e. The average molecular weight is 238 g/mol. The highest BCUT2D eigenvalue weighted by atomic mass is 16.4. The zero-order valence-electron chi connectivity index (χ0n) is 10.7. The van der Waals surface area contributed by atoms with Crippen LogP contribution in [-0.4, -0.2) is 60.1 Å². The average Bonchev–Trinajstić information content (AvgIpc) is 2.45. The lowest BCUT2D eigenvalue weighted by Gasteiger charge is -2.36. The summed E-state index contributed by atoms with van der Waals surface area (Å²) in [5, 5.41) is 8.80. The zero-order valence-corrected chi connectivity index (χ0v) is 10.7. The Labute approximate surface area is 103 Å². The molecule has 2 aliphatic heterocycles. The van der Waals surface area contributed by atoms with Crippen molar-refractivity contribution in [3.63, 3.8) is 0 Å². The Balaban J connectivity index is 1.96. The van der Waals surface area contributed by atoms with E-state index >= 15 is 0 Å². The molecule has 2 fully saturated rings. The number of carboxylic acid groups (broad SMARTS) is 1. The van der Waals surface area contributed by atoms with Crippen LogP contribution in [0.2, 0.25) is 0 Å². The van der Waals surface area contributed by atoms with E-state index in [9.17, 15) is 4.79 Å². The van der Waals surface area contributed by atoms with Crippen LogP contribution in [0.25, 0.3) is 0 Å². The topological polar surface area (TPSA) is 43.8 Å². The number of fused-ring (bicyclic) bond motifs is 2. The summed E-state index contributed by atoms with van der Waals surface area (Å²) in [6.07, 6.45) is 5.80. The van der Waals surface area contributed by atoms with Gasteiger partial charge in [-0.15, -0.1) is 0 Å². The van der Waals surface area contributed by atoms with Gasteiger partial charge in [0, 0.05) is 31.2 Å². The Bertz CT molecular complexity index is 309. The summed E-state index contributed by atoms with van der Waals surface area (Å²) in [6.45, 7) is 2.20. The molecule has 0 aromatic heterocycles. The first-order valence-corrected chi connectivity index (χ1v) is 6.39. The third kappa shape index (κ3) is 3.07. The van der Waals surface area contributed by atoms with E-state index in [4.69, 9.17) is 5.11 Å². The molecular weight excluding hydrogens is 216 g/mol. The van der Waals surface area contributed by atoms with Crippen molar-refractivity contribution < 1.29 is 9.90 Å². The van der Waals surface area contributed by atoms with Crippen LogP contribution in [-0.2, 0) is 4.79 Å². The molecule has 0 aliphatic carbocycles. The third-order valence-corrected chi connectivity index (χ3v) is 3.90. The lowest BCUT2D eigenvalue weighted by atomic mass is 9.96. The van der Waals surface area contributed by atoms with Gasteiger partial charge in [-0.25, -0.2) is 4.79 Å². The molecule has 0 spiro atoms. The Morgan fingerprint density at radius 2 is 2.00 bits per heavy atom. The molecule has 17 heavy (non-hydrogen) atoms. The number of hydrogen-bond acceptors (Lipinski definition) is 3. The second-order valence-corrected chi connectivity index (χ2v) is 5.48. The summed E-state index contributed by atoms with van der Waals surface area (Å²) < 4.78 is 0. The first kappa shape index (κ1) is 12.6. The highest BCUT2D eigenvalue weighted by molar-refractivity contribution is 5.80. The number of carboxylic acids is 1. The summed E-state index contributed by atoms with van der Waals surface area (Å²) in [5.41, 5.74) is 1.13. The van der Waals surface area contributed by atoms with Gasteiger partial charge in [0.15, 0.2) is 0 Å². The molecule has 0 radical (unpaired) electrons. The van der Waals surface area contributed by atoms with Crippen molar-refractivity contribution in [3.8, 4) is 0 Å². The Hall–Kier alpha value is -0.870. The fourth-order valence-electron chi connectivity index (χ4n) is 3.11. The van der Waals surface area contributed by atoms with E-state index in [1.165, 1.54) is 18.9 Å². The van der Waals surface area contributed by atoms with Gasteiger partial charge in [-0.2, -0.15) is 0 Å². The van der Waals surface area contributed by atoms with Gasteiger partial charge in [0.2, 0.25) is 0 Å². The monoisotopic (exact) mass is 238 g/mol. The molecule has 96 valence electrons. The van der Waals surface area contributed by atoms with E-state index in [1.807, 2.05) is 0 Å². The van der Waals surface area contributed by atoms with Crippen molar-refractivity contribution in [1.82, 2.24) is 9.80 Å². The predicted octanol–water partition coefficient (Wildman–Crippen LogP) is 1.19. The minimum atomic E-state index is -0.791. The minimum Gasteiger partial charge on any atom is -0.478 e. The maximum atomic E-state index is 10.7. The van der Waals surface area contributed by atoms with Crippen LogP contribution in [0.15, 0.2) is 11.6 Å². The molecular formula is C13H22N2O2. The smallest absolute Gasteiger partial charge is 0.328 e. The van der Waals surface area contributed by atoms with Crippen LogP contribution in [0.4, 0.5) is 0 Å². The molecule has 2 unspecified atom stereocenters. The van der Waals surface area contributed by atoms with Crippen LogP contribution in [0, 0.1) is 0 Å². The number of aliphatic carboxylic acids is 1. The highest BCUT2D eigenvalue weighted by Crippen LogP contribution is 2.37. The SMILES string of the molecule is CN(C)CCN1C2CCC1CC(=CC(=O)O)C2. The van der Waals surface area contributed by atoms with Crippen molar-refractivity contribution in [1.29, 1.82) is 0 Å². The second kappa shape index (κ2) is 5.19. The largest absolute Gasteiger partial charge is 0.478 e. The van der Waals surface area contributed by atoms with Crippen molar-refractivity contribution >= 4 is 5.97 Å². The lowest BCUT2D eigenvalue weighted by Crippen LogP contribution is -2.43. The number of likely N-dealkylation sites (N-methyl/N-ethyl adjacent to an activating group) is 1. The van der Waals surface area contributed by atoms with Crippen LogP contribution in [0.5, 0.6) is 0 Å². The lowest BCUT2D eigenvalue weighted by molar-refractivity contribution is -0.131. The molecule has 2 aliphatic rings. The summed E-state index contributed by atoms with van der Waals surface area (Å²) in [5.74, 6) is -0.791. The molecule has 1 N–H and O–H groups in total. The Morgan fingerprint density at radius 1 is 1.41 bits per heavy atom. The second-order valence-electron chi connectivity index (χ2n) is 5.48. The van der Waals surface area contributed by atoms with Crippen molar-refractivity contribution in [2.24, 2.45) is 0 Å². The molecule has 4 heteroatoms. The first-order chi connectivity index (χ1) is 8.06. The number of rotatable bonds is 4. The number of hydrogen-bond donors (Lipinski definition) is 1. The Morgan fingerprint density at radius 3 is 2.47 bits per heavy atom. The van der Waals surface area contributed by atoms with Crippen molar-refractivity contribution in [2.75, 3.05) is 27.2 Å². The number of carbonyl (C=O) groups is 1. The summed E-state index contributed by atoms with van der Waals surface area (Å²) in [4.78, 5) is 15.5. The van der Waals surface area contributed by atoms with E-state index in [2.05, 4.69) is 23.9 Å². The molecule has 2 saturated heterocycles. The van der Waals surface area contributed by atoms with Gasteiger partial charge in [-0.1, -0.05) is 5.57 Å².